The molecular weight excluding hydrogens is 278 g/mol. The van der Waals surface area contributed by atoms with Crippen LogP contribution in [0.4, 0.5) is 5.82 Å². The lowest BCUT2D eigenvalue weighted by molar-refractivity contribution is 0.633. The SMILES string of the molecule is Nc1n[nH]c2c1C=CC(c1ccccc1)(c1cccs1)C2. The van der Waals surface area contributed by atoms with E-state index < -0.39 is 0 Å². The molecule has 0 saturated carbocycles. The lowest BCUT2D eigenvalue weighted by Crippen LogP contribution is -2.29. The summed E-state index contributed by atoms with van der Waals surface area (Å²) in [4.78, 5) is 1.34. The largest absolute Gasteiger partial charge is 0.382 e. The van der Waals surface area contributed by atoms with Crippen LogP contribution in [0.5, 0.6) is 0 Å². The van der Waals surface area contributed by atoms with Gasteiger partial charge in [0.1, 0.15) is 0 Å². The van der Waals surface area contributed by atoms with E-state index in [1.54, 1.807) is 11.3 Å². The first-order valence-corrected chi connectivity index (χ1v) is 7.79. The highest BCUT2D eigenvalue weighted by atomic mass is 32.1. The van der Waals surface area contributed by atoms with E-state index in [-0.39, 0.29) is 5.41 Å². The van der Waals surface area contributed by atoms with E-state index in [1.165, 1.54) is 10.4 Å². The number of fused-ring (bicyclic) bond motifs is 1. The molecule has 4 rings (SSSR count). The Morgan fingerprint density at radius 1 is 1.14 bits per heavy atom. The molecule has 3 aromatic rings. The van der Waals surface area contributed by atoms with Crippen LogP contribution in [-0.4, -0.2) is 10.2 Å². The highest BCUT2D eigenvalue weighted by molar-refractivity contribution is 7.10. The van der Waals surface area contributed by atoms with Crippen molar-refractivity contribution in [3.8, 4) is 0 Å². The molecule has 0 spiro atoms. The molecule has 104 valence electrons. The van der Waals surface area contributed by atoms with E-state index in [4.69, 9.17) is 5.73 Å². The van der Waals surface area contributed by atoms with Crippen molar-refractivity contribution in [3.63, 3.8) is 0 Å². The lowest BCUT2D eigenvalue weighted by Gasteiger charge is -2.32. The minimum Gasteiger partial charge on any atom is -0.382 e. The number of nitrogen functional groups attached to an aromatic ring is 1. The number of hydrogen-bond acceptors (Lipinski definition) is 3. The molecule has 0 bridgehead atoms. The summed E-state index contributed by atoms with van der Waals surface area (Å²) < 4.78 is 0. The monoisotopic (exact) mass is 293 g/mol. The molecule has 1 aromatic carbocycles. The maximum absolute atomic E-state index is 5.92. The van der Waals surface area contributed by atoms with Crippen molar-refractivity contribution in [3.05, 3.63) is 75.6 Å². The predicted molar refractivity (Wildman–Crippen MR) is 87.3 cm³/mol. The quantitative estimate of drug-likeness (QED) is 0.758. The number of nitrogens with two attached hydrogens (primary N) is 1. The second-order valence-electron chi connectivity index (χ2n) is 5.33. The molecule has 0 aliphatic heterocycles. The van der Waals surface area contributed by atoms with Gasteiger partial charge in [0.2, 0.25) is 0 Å². The fraction of sp³-hybridized carbons (Fsp3) is 0.118. The van der Waals surface area contributed by atoms with E-state index in [2.05, 4.69) is 70.2 Å². The van der Waals surface area contributed by atoms with Gasteiger partial charge < -0.3 is 5.73 Å². The maximum atomic E-state index is 5.92. The minimum absolute atomic E-state index is 0.138. The zero-order valence-corrected chi connectivity index (χ0v) is 12.2. The molecule has 1 aliphatic rings. The standard InChI is InChI=1S/C17H15N3S/c18-16-13-8-9-17(11-14(13)19-20-16,15-7-4-10-21-15)12-5-2-1-3-6-12/h1-10H,11H2,(H3,18,19,20). The smallest absolute Gasteiger partial charge is 0.152 e. The van der Waals surface area contributed by atoms with Crippen molar-refractivity contribution in [2.75, 3.05) is 5.73 Å². The number of aromatic nitrogens is 2. The summed E-state index contributed by atoms with van der Waals surface area (Å²) in [6, 6.07) is 14.9. The van der Waals surface area contributed by atoms with Gasteiger partial charge in [-0.25, -0.2) is 0 Å². The van der Waals surface area contributed by atoms with E-state index in [9.17, 15) is 0 Å². The molecule has 2 aromatic heterocycles. The summed E-state index contributed by atoms with van der Waals surface area (Å²) in [6.45, 7) is 0. The fourth-order valence-corrected chi connectivity index (χ4v) is 3.99. The van der Waals surface area contributed by atoms with Gasteiger partial charge in [0, 0.05) is 22.6 Å². The summed E-state index contributed by atoms with van der Waals surface area (Å²) in [5, 5.41) is 9.36. The van der Waals surface area contributed by atoms with E-state index in [0.717, 1.165) is 17.7 Å². The Balaban J connectivity index is 1.92. The van der Waals surface area contributed by atoms with Crippen LogP contribution < -0.4 is 5.73 Å². The first kappa shape index (κ1) is 12.4. The Kier molecular flexibility index (Phi) is 2.72. The molecule has 1 aliphatic carbocycles. The molecule has 1 atom stereocenters. The van der Waals surface area contributed by atoms with Crippen LogP contribution in [0.1, 0.15) is 21.7 Å². The van der Waals surface area contributed by atoms with Gasteiger partial charge in [-0.05, 0) is 17.0 Å². The number of nitrogens with zero attached hydrogens (tertiary/aromatic N) is 1. The molecule has 3 nitrogen and oxygen atoms in total. The predicted octanol–water partition coefficient (Wildman–Crippen LogP) is 3.61. The molecule has 21 heavy (non-hydrogen) atoms. The van der Waals surface area contributed by atoms with Gasteiger partial charge in [-0.3, -0.25) is 5.10 Å². The van der Waals surface area contributed by atoms with Gasteiger partial charge in [-0.1, -0.05) is 48.6 Å². The van der Waals surface area contributed by atoms with Crippen LogP contribution in [0.15, 0.2) is 53.9 Å². The Labute approximate surface area is 127 Å². The Bertz CT molecular complexity index is 787. The third-order valence-corrected chi connectivity index (χ3v) is 5.20. The normalized spacial score (nSPS) is 20.4. The van der Waals surface area contributed by atoms with E-state index in [0.29, 0.717) is 5.82 Å². The number of aromatic amines is 1. The molecule has 0 radical (unpaired) electrons. The van der Waals surface area contributed by atoms with Gasteiger partial charge in [-0.15, -0.1) is 11.3 Å². The summed E-state index contributed by atoms with van der Waals surface area (Å²) >= 11 is 1.79. The third-order valence-electron chi connectivity index (χ3n) is 4.15. The van der Waals surface area contributed by atoms with Crippen molar-refractivity contribution in [2.24, 2.45) is 0 Å². The minimum atomic E-state index is -0.138. The zero-order valence-electron chi connectivity index (χ0n) is 11.4. The van der Waals surface area contributed by atoms with Crippen LogP contribution >= 0.6 is 11.3 Å². The Morgan fingerprint density at radius 3 is 2.76 bits per heavy atom. The van der Waals surface area contributed by atoms with Crippen LogP contribution in [0.25, 0.3) is 6.08 Å². The number of allylic oxidation sites excluding steroid dienone is 1. The van der Waals surface area contributed by atoms with Crippen LogP contribution in [0, 0.1) is 0 Å². The molecule has 0 fully saturated rings. The molecule has 2 heterocycles. The molecule has 1 unspecified atom stereocenters. The lowest BCUT2D eigenvalue weighted by atomic mass is 9.72. The van der Waals surface area contributed by atoms with Crippen molar-refractivity contribution in [1.82, 2.24) is 10.2 Å². The number of nitrogens with one attached hydrogen (secondary N) is 1. The van der Waals surface area contributed by atoms with Crippen LogP contribution in [0.2, 0.25) is 0 Å². The van der Waals surface area contributed by atoms with Gasteiger partial charge in [0.05, 0.1) is 5.41 Å². The highest BCUT2D eigenvalue weighted by Gasteiger charge is 2.36. The van der Waals surface area contributed by atoms with Crippen LogP contribution in [-0.2, 0) is 11.8 Å². The number of benzene rings is 1. The number of thiophene rings is 1. The van der Waals surface area contributed by atoms with Crippen molar-refractivity contribution >= 4 is 23.2 Å². The second-order valence-corrected chi connectivity index (χ2v) is 6.27. The van der Waals surface area contributed by atoms with Gasteiger partial charge in [0.25, 0.3) is 0 Å². The first-order chi connectivity index (χ1) is 10.3. The summed E-state index contributed by atoms with van der Waals surface area (Å²) in [5.41, 5.74) is 9.20. The molecule has 0 amide bonds. The number of anilines is 1. The highest BCUT2D eigenvalue weighted by Crippen LogP contribution is 2.43. The average molecular weight is 293 g/mol. The van der Waals surface area contributed by atoms with Crippen LogP contribution in [0.3, 0.4) is 0 Å². The number of hydrogen-bond donors (Lipinski definition) is 2. The Hall–Kier alpha value is -2.33. The first-order valence-electron chi connectivity index (χ1n) is 6.91. The molecular formula is C17H15N3S. The third kappa shape index (κ3) is 1.83. The fourth-order valence-electron chi connectivity index (χ4n) is 3.06. The van der Waals surface area contributed by atoms with Gasteiger partial charge in [-0.2, -0.15) is 5.10 Å². The molecule has 3 N–H and O–H groups in total. The molecule has 0 saturated heterocycles. The summed E-state index contributed by atoms with van der Waals surface area (Å²) in [6.07, 6.45) is 5.22. The number of H-pyrrole nitrogens is 1. The average Bonchev–Trinajstić information content (AvgIpc) is 3.18. The van der Waals surface area contributed by atoms with E-state index in [1.807, 2.05) is 0 Å². The molecule has 4 heteroatoms. The topological polar surface area (TPSA) is 54.7 Å². The van der Waals surface area contributed by atoms with Gasteiger partial charge in [0.15, 0.2) is 5.82 Å². The van der Waals surface area contributed by atoms with Crippen molar-refractivity contribution in [1.29, 1.82) is 0 Å². The zero-order chi connectivity index (χ0) is 14.3. The van der Waals surface area contributed by atoms with Crippen molar-refractivity contribution in [2.45, 2.75) is 11.8 Å². The summed E-state index contributed by atoms with van der Waals surface area (Å²) in [5.74, 6) is 0.578. The summed E-state index contributed by atoms with van der Waals surface area (Å²) in [7, 11) is 0. The van der Waals surface area contributed by atoms with Crippen molar-refractivity contribution < 1.29 is 0 Å². The number of rotatable bonds is 2. The van der Waals surface area contributed by atoms with E-state index >= 15 is 0 Å². The van der Waals surface area contributed by atoms with Gasteiger partial charge >= 0.3 is 0 Å². The Morgan fingerprint density at radius 2 is 2.00 bits per heavy atom. The second kappa shape index (κ2) is 4.60. The maximum Gasteiger partial charge on any atom is 0.152 e.